The van der Waals surface area contributed by atoms with Gasteiger partial charge in [0.25, 0.3) is 5.91 Å². The van der Waals surface area contributed by atoms with E-state index >= 15 is 0 Å². The van der Waals surface area contributed by atoms with Crippen molar-refractivity contribution in [3.63, 3.8) is 0 Å². The lowest BCUT2D eigenvalue weighted by Gasteiger charge is -2.36. The lowest BCUT2D eigenvalue weighted by atomic mass is 9.77. The number of fused-ring (bicyclic) bond motifs is 3. The summed E-state index contributed by atoms with van der Waals surface area (Å²) in [7, 11) is 0. The quantitative estimate of drug-likeness (QED) is 0.702. The second-order valence-electron chi connectivity index (χ2n) is 8.86. The third-order valence-electron chi connectivity index (χ3n) is 7.24. The van der Waals surface area contributed by atoms with Gasteiger partial charge in [-0.1, -0.05) is 12.1 Å². The van der Waals surface area contributed by atoms with Crippen molar-refractivity contribution in [2.24, 2.45) is 11.8 Å². The molecule has 2 fully saturated rings. The highest BCUT2D eigenvalue weighted by Gasteiger charge is 2.44. The molecule has 150 valence electrons. The SMILES string of the molecule is O=C(c1n[nH]c2c1CCC2)N1C[C@H]2C[C@@H](n3cnc4ccccc43)[C@H](O)C[C@H]2C1. The molecule has 2 aliphatic carbocycles. The van der Waals surface area contributed by atoms with Gasteiger partial charge in [0.2, 0.25) is 0 Å². The number of amides is 1. The fourth-order valence-electron chi connectivity index (χ4n) is 5.76. The van der Waals surface area contributed by atoms with Crippen molar-refractivity contribution in [1.29, 1.82) is 0 Å². The summed E-state index contributed by atoms with van der Waals surface area (Å²) < 4.78 is 2.13. The van der Waals surface area contributed by atoms with Crippen molar-refractivity contribution >= 4 is 16.9 Å². The van der Waals surface area contributed by atoms with Gasteiger partial charge in [-0.15, -0.1) is 0 Å². The molecule has 7 heteroatoms. The number of likely N-dealkylation sites (tertiary alicyclic amines) is 1. The zero-order valence-electron chi connectivity index (χ0n) is 16.3. The van der Waals surface area contributed by atoms with Crippen molar-refractivity contribution in [2.45, 2.75) is 44.2 Å². The number of rotatable bonds is 2. The van der Waals surface area contributed by atoms with Crippen LogP contribution >= 0.6 is 0 Å². The van der Waals surface area contributed by atoms with Gasteiger partial charge in [0.05, 0.1) is 29.5 Å². The number of hydrogen-bond donors (Lipinski definition) is 2. The van der Waals surface area contributed by atoms with Crippen LogP contribution in [0.15, 0.2) is 30.6 Å². The first-order valence-corrected chi connectivity index (χ1v) is 10.6. The van der Waals surface area contributed by atoms with Gasteiger partial charge in [-0.25, -0.2) is 4.98 Å². The molecule has 7 nitrogen and oxygen atoms in total. The van der Waals surface area contributed by atoms with Crippen molar-refractivity contribution in [2.75, 3.05) is 13.1 Å². The number of benzene rings is 1. The Morgan fingerprint density at radius 3 is 2.86 bits per heavy atom. The van der Waals surface area contributed by atoms with E-state index in [-0.39, 0.29) is 11.9 Å². The summed E-state index contributed by atoms with van der Waals surface area (Å²) in [6.45, 7) is 1.47. The minimum atomic E-state index is -0.418. The average molecular weight is 391 g/mol. The highest BCUT2D eigenvalue weighted by Crippen LogP contribution is 2.42. The summed E-state index contributed by atoms with van der Waals surface area (Å²) in [5.74, 6) is 0.811. The predicted molar refractivity (Wildman–Crippen MR) is 108 cm³/mol. The number of hydrogen-bond acceptors (Lipinski definition) is 4. The first-order valence-electron chi connectivity index (χ1n) is 10.6. The Bertz CT molecular complexity index is 1090. The van der Waals surface area contributed by atoms with E-state index in [9.17, 15) is 9.90 Å². The molecule has 6 rings (SSSR count). The van der Waals surface area contributed by atoms with Crippen LogP contribution in [0.25, 0.3) is 11.0 Å². The molecule has 3 heterocycles. The predicted octanol–water partition coefficient (Wildman–Crippen LogP) is 2.33. The number of nitrogens with one attached hydrogen (secondary N) is 1. The number of aliphatic hydroxyl groups excluding tert-OH is 1. The molecule has 1 aromatic carbocycles. The molecule has 1 saturated carbocycles. The van der Waals surface area contributed by atoms with Gasteiger partial charge >= 0.3 is 0 Å². The Morgan fingerprint density at radius 2 is 1.97 bits per heavy atom. The smallest absolute Gasteiger partial charge is 0.274 e. The molecule has 0 bridgehead atoms. The minimum Gasteiger partial charge on any atom is -0.391 e. The van der Waals surface area contributed by atoms with Crippen LogP contribution < -0.4 is 0 Å². The summed E-state index contributed by atoms with van der Waals surface area (Å²) in [5, 5.41) is 18.3. The molecule has 4 atom stereocenters. The van der Waals surface area contributed by atoms with E-state index in [2.05, 4.69) is 25.8 Å². The maximum absolute atomic E-state index is 13.1. The number of carbonyl (C=O) groups is 1. The molecule has 0 unspecified atom stereocenters. The van der Waals surface area contributed by atoms with Crippen molar-refractivity contribution in [3.05, 3.63) is 47.5 Å². The molecule has 3 aliphatic rings. The summed E-state index contributed by atoms with van der Waals surface area (Å²) in [5.41, 5.74) is 4.89. The molecule has 1 aliphatic heterocycles. The lowest BCUT2D eigenvalue weighted by Crippen LogP contribution is -2.36. The maximum Gasteiger partial charge on any atom is 0.274 e. The molecular weight excluding hydrogens is 366 g/mol. The van der Waals surface area contributed by atoms with Crippen molar-refractivity contribution in [3.8, 4) is 0 Å². The number of aromatic nitrogens is 4. The highest BCUT2D eigenvalue weighted by atomic mass is 16.3. The zero-order chi connectivity index (χ0) is 19.5. The normalized spacial score (nSPS) is 28.7. The average Bonchev–Trinajstić information content (AvgIpc) is 3.48. The first kappa shape index (κ1) is 17.2. The summed E-state index contributed by atoms with van der Waals surface area (Å²) in [4.78, 5) is 19.6. The van der Waals surface area contributed by atoms with Gasteiger partial charge in [-0.05, 0) is 56.1 Å². The summed E-state index contributed by atoms with van der Waals surface area (Å²) >= 11 is 0. The Hall–Kier alpha value is -2.67. The largest absolute Gasteiger partial charge is 0.391 e. The number of aromatic amines is 1. The number of aryl methyl sites for hydroxylation is 1. The number of H-pyrrole nitrogens is 1. The fraction of sp³-hybridized carbons (Fsp3) is 0.500. The highest BCUT2D eigenvalue weighted by molar-refractivity contribution is 5.94. The number of aliphatic hydroxyl groups is 1. The first-order chi connectivity index (χ1) is 14.2. The van der Waals surface area contributed by atoms with E-state index in [1.807, 2.05) is 29.4 Å². The zero-order valence-corrected chi connectivity index (χ0v) is 16.3. The number of para-hydroxylation sites is 2. The third kappa shape index (κ3) is 2.64. The monoisotopic (exact) mass is 391 g/mol. The summed E-state index contributed by atoms with van der Waals surface area (Å²) in [6, 6.07) is 8.07. The van der Waals surface area contributed by atoms with Crippen LogP contribution in [-0.4, -0.2) is 54.9 Å². The van der Waals surface area contributed by atoms with E-state index in [0.29, 0.717) is 17.5 Å². The van der Waals surface area contributed by atoms with Gasteiger partial charge in [-0.3, -0.25) is 9.89 Å². The van der Waals surface area contributed by atoms with Gasteiger partial charge in [0.1, 0.15) is 0 Å². The fourth-order valence-corrected chi connectivity index (χ4v) is 5.76. The molecule has 2 aromatic heterocycles. The summed E-state index contributed by atoms with van der Waals surface area (Å²) in [6.07, 6.45) is 6.07. The van der Waals surface area contributed by atoms with Gasteiger partial charge in [0.15, 0.2) is 5.69 Å². The maximum atomic E-state index is 13.1. The van der Waals surface area contributed by atoms with Gasteiger partial charge < -0.3 is 14.6 Å². The molecular formula is C22H25N5O2. The van der Waals surface area contributed by atoms with E-state index in [4.69, 9.17) is 0 Å². The van der Waals surface area contributed by atoms with Crippen molar-refractivity contribution in [1.82, 2.24) is 24.6 Å². The number of nitrogens with zero attached hydrogens (tertiary/aromatic N) is 4. The Labute approximate surface area is 168 Å². The van der Waals surface area contributed by atoms with Crippen LogP contribution in [0, 0.1) is 11.8 Å². The Morgan fingerprint density at radius 1 is 1.14 bits per heavy atom. The van der Waals surface area contributed by atoms with Crippen LogP contribution in [0.1, 0.15) is 47.1 Å². The van der Waals surface area contributed by atoms with Crippen LogP contribution in [0.3, 0.4) is 0 Å². The molecule has 0 radical (unpaired) electrons. The van der Waals surface area contributed by atoms with Crippen LogP contribution in [0.2, 0.25) is 0 Å². The molecule has 3 aromatic rings. The minimum absolute atomic E-state index is 0.00772. The molecule has 29 heavy (non-hydrogen) atoms. The second-order valence-corrected chi connectivity index (χ2v) is 8.86. The van der Waals surface area contributed by atoms with Crippen molar-refractivity contribution < 1.29 is 9.90 Å². The lowest BCUT2D eigenvalue weighted by molar-refractivity contribution is 0.0374. The number of imidazole rings is 1. The van der Waals surface area contributed by atoms with E-state index in [0.717, 1.165) is 67.5 Å². The molecule has 1 amide bonds. The van der Waals surface area contributed by atoms with E-state index in [1.54, 1.807) is 0 Å². The molecule has 1 saturated heterocycles. The van der Waals surface area contributed by atoms with Gasteiger partial charge in [-0.2, -0.15) is 5.10 Å². The van der Waals surface area contributed by atoms with E-state index < -0.39 is 6.10 Å². The number of carbonyl (C=O) groups excluding carboxylic acids is 1. The Balaban J connectivity index is 1.23. The van der Waals surface area contributed by atoms with Crippen LogP contribution in [-0.2, 0) is 12.8 Å². The molecule has 0 spiro atoms. The molecule has 2 N–H and O–H groups in total. The third-order valence-corrected chi connectivity index (χ3v) is 7.24. The van der Waals surface area contributed by atoms with Gasteiger partial charge in [0, 0.05) is 24.3 Å². The van der Waals surface area contributed by atoms with Crippen LogP contribution in [0.5, 0.6) is 0 Å². The topological polar surface area (TPSA) is 87.0 Å². The van der Waals surface area contributed by atoms with Crippen LogP contribution in [0.4, 0.5) is 0 Å². The Kier molecular flexibility index (Phi) is 3.81. The standard InChI is InChI=1S/C22H25N5O2/c28-20-9-14-11-26(22(29)21-15-4-3-6-16(15)24-25-21)10-13(14)8-19(20)27-12-23-17-5-1-2-7-18(17)27/h1-2,5,7,12-14,19-20,28H,3-4,6,8-11H2,(H,24,25)/t13-,14+,19-,20-/m1/s1. The van der Waals surface area contributed by atoms with E-state index in [1.165, 1.54) is 0 Å². The second kappa shape index (κ2) is 6.42.